The number of aliphatic carboxylic acids is 1. The largest absolute Gasteiger partial charge is 0.491 e. The molecular weight excluding hydrogens is 282 g/mol. The Hall–Kier alpha value is -2.82. The molecule has 2 N–H and O–H groups in total. The van der Waals surface area contributed by atoms with E-state index in [0.29, 0.717) is 11.3 Å². The Morgan fingerprint density at radius 1 is 1.18 bits per heavy atom. The first-order chi connectivity index (χ1) is 10.5. The van der Waals surface area contributed by atoms with E-state index in [1.54, 1.807) is 12.1 Å². The number of aromatic amines is 1. The number of carboxylic acid groups (broad SMARTS) is 1. The number of hydrogen-bond donors (Lipinski definition) is 2. The number of carbonyl (C=O) groups is 1. The van der Waals surface area contributed by atoms with E-state index in [1.807, 2.05) is 38.1 Å². The van der Waals surface area contributed by atoms with Gasteiger partial charge in [-0.05, 0) is 61.9 Å². The molecule has 1 aromatic carbocycles. The summed E-state index contributed by atoms with van der Waals surface area (Å²) in [6, 6.07) is 10.7. The van der Waals surface area contributed by atoms with E-state index in [4.69, 9.17) is 9.84 Å². The van der Waals surface area contributed by atoms with Gasteiger partial charge in [-0.25, -0.2) is 4.79 Å². The van der Waals surface area contributed by atoms with E-state index >= 15 is 0 Å². The fraction of sp³-hybridized carbons (Fsp3) is 0.176. The average Bonchev–Trinajstić information content (AvgIpc) is 2.46. The number of benzene rings is 1. The Labute approximate surface area is 127 Å². The number of carboxylic acids is 1. The second-order valence-electron chi connectivity index (χ2n) is 5.02. The van der Waals surface area contributed by atoms with Crippen molar-refractivity contribution in [2.75, 3.05) is 0 Å². The number of rotatable bonds is 5. The highest BCUT2D eigenvalue weighted by Crippen LogP contribution is 2.20. The summed E-state index contributed by atoms with van der Waals surface area (Å²) in [6.07, 6.45) is 2.30. The van der Waals surface area contributed by atoms with Crippen molar-refractivity contribution in [3.63, 3.8) is 0 Å². The molecule has 0 aliphatic heterocycles. The second kappa shape index (κ2) is 6.76. The van der Waals surface area contributed by atoms with Crippen molar-refractivity contribution in [1.29, 1.82) is 0 Å². The minimum absolute atomic E-state index is 0.103. The highest BCUT2D eigenvalue weighted by Gasteiger charge is 2.03. The average molecular weight is 299 g/mol. The summed E-state index contributed by atoms with van der Waals surface area (Å²) in [5.74, 6) is -0.327. The number of H-pyrrole nitrogens is 1. The monoisotopic (exact) mass is 299 g/mol. The number of ether oxygens (including phenoxy) is 1. The third-order valence-corrected chi connectivity index (χ3v) is 2.88. The van der Waals surface area contributed by atoms with Gasteiger partial charge in [-0.2, -0.15) is 0 Å². The van der Waals surface area contributed by atoms with Gasteiger partial charge in [-0.3, -0.25) is 4.79 Å². The van der Waals surface area contributed by atoms with E-state index in [9.17, 15) is 9.59 Å². The van der Waals surface area contributed by atoms with Crippen LogP contribution in [0.5, 0.6) is 5.75 Å². The zero-order chi connectivity index (χ0) is 16.1. The molecule has 0 saturated heterocycles. The summed E-state index contributed by atoms with van der Waals surface area (Å²) in [6.45, 7) is 3.91. The zero-order valence-corrected chi connectivity index (χ0v) is 12.4. The maximum Gasteiger partial charge on any atom is 0.328 e. The minimum Gasteiger partial charge on any atom is -0.491 e. The molecular formula is C17H17NO4. The summed E-state index contributed by atoms with van der Waals surface area (Å²) in [4.78, 5) is 25.1. The van der Waals surface area contributed by atoms with E-state index in [-0.39, 0.29) is 11.7 Å². The van der Waals surface area contributed by atoms with Crippen LogP contribution in [0, 0.1) is 0 Å². The van der Waals surface area contributed by atoms with Crippen LogP contribution >= 0.6 is 0 Å². The lowest BCUT2D eigenvalue weighted by Gasteiger charge is -2.10. The number of nitrogens with one attached hydrogen (secondary N) is 1. The molecule has 0 spiro atoms. The molecule has 0 radical (unpaired) electrons. The molecule has 0 atom stereocenters. The van der Waals surface area contributed by atoms with Crippen LogP contribution < -0.4 is 10.3 Å². The molecule has 2 aromatic rings. The number of pyridine rings is 1. The Morgan fingerprint density at radius 2 is 1.86 bits per heavy atom. The molecule has 22 heavy (non-hydrogen) atoms. The van der Waals surface area contributed by atoms with Crippen LogP contribution in [0.25, 0.3) is 17.3 Å². The summed E-state index contributed by atoms with van der Waals surface area (Å²) < 4.78 is 5.57. The second-order valence-corrected chi connectivity index (χ2v) is 5.02. The molecule has 0 aliphatic carbocycles. The first-order valence-corrected chi connectivity index (χ1v) is 6.87. The predicted molar refractivity (Wildman–Crippen MR) is 84.9 cm³/mol. The minimum atomic E-state index is -1.09. The highest BCUT2D eigenvalue weighted by atomic mass is 16.5. The van der Waals surface area contributed by atoms with Crippen molar-refractivity contribution in [3.8, 4) is 17.0 Å². The van der Waals surface area contributed by atoms with Crippen LogP contribution in [-0.2, 0) is 4.79 Å². The molecule has 5 heteroatoms. The molecule has 0 aliphatic rings. The Bertz CT molecular complexity index is 742. The Kier molecular flexibility index (Phi) is 4.78. The van der Waals surface area contributed by atoms with Gasteiger partial charge in [-0.1, -0.05) is 0 Å². The van der Waals surface area contributed by atoms with E-state index < -0.39 is 5.97 Å². The molecule has 114 valence electrons. The van der Waals surface area contributed by atoms with Crippen molar-refractivity contribution in [2.45, 2.75) is 20.0 Å². The van der Waals surface area contributed by atoms with Crippen LogP contribution in [0.3, 0.4) is 0 Å². The molecule has 0 bridgehead atoms. The van der Waals surface area contributed by atoms with Gasteiger partial charge in [0.25, 0.3) is 5.56 Å². The molecule has 1 aromatic heterocycles. The van der Waals surface area contributed by atoms with Gasteiger partial charge in [0, 0.05) is 17.3 Å². The van der Waals surface area contributed by atoms with Crippen molar-refractivity contribution in [1.82, 2.24) is 4.98 Å². The summed E-state index contributed by atoms with van der Waals surface area (Å²) >= 11 is 0. The van der Waals surface area contributed by atoms with Gasteiger partial charge in [-0.15, -0.1) is 0 Å². The SMILES string of the molecule is CC(C)Oc1ccc(-c2ccc(/C=C/C(=O)O)c(=O)[nH]2)cc1. The molecule has 0 amide bonds. The van der Waals surface area contributed by atoms with Gasteiger partial charge >= 0.3 is 5.97 Å². The third kappa shape index (κ3) is 4.09. The van der Waals surface area contributed by atoms with Gasteiger partial charge < -0.3 is 14.8 Å². The normalized spacial score (nSPS) is 11.0. The predicted octanol–water partition coefficient (Wildman–Crippen LogP) is 2.93. The molecule has 5 nitrogen and oxygen atoms in total. The smallest absolute Gasteiger partial charge is 0.328 e. The van der Waals surface area contributed by atoms with Crippen LogP contribution in [0.2, 0.25) is 0 Å². The molecule has 0 saturated carbocycles. The topological polar surface area (TPSA) is 79.4 Å². The number of aromatic nitrogens is 1. The summed E-state index contributed by atoms with van der Waals surface area (Å²) in [5.41, 5.74) is 1.47. The zero-order valence-electron chi connectivity index (χ0n) is 12.4. The Balaban J connectivity index is 2.24. The third-order valence-electron chi connectivity index (χ3n) is 2.88. The van der Waals surface area contributed by atoms with Crippen molar-refractivity contribution in [3.05, 3.63) is 58.4 Å². The van der Waals surface area contributed by atoms with Gasteiger partial charge in [0.1, 0.15) is 5.75 Å². The maximum absolute atomic E-state index is 11.9. The van der Waals surface area contributed by atoms with Crippen LogP contribution in [0.4, 0.5) is 0 Å². The summed E-state index contributed by atoms with van der Waals surface area (Å²) in [7, 11) is 0. The molecule has 0 unspecified atom stereocenters. The lowest BCUT2D eigenvalue weighted by molar-refractivity contribution is -0.131. The maximum atomic E-state index is 11.9. The van der Waals surface area contributed by atoms with E-state index in [0.717, 1.165) is 17.4 Å². The fourth-order valence-corrected chi connectivity index (χ4v) is 1.93. The van der Waals surface area contributed by atoms with Gasteiger partial charge in [0.05, 0.1) is 6.10 Å². The van der Waals surface area contributed by atoms with E-state index in [2.05, 4.69) is 4.98 Å². The van der Waals surface area contributed by atoms with Crippen molar-refractivity contribution >= 4 is 12.0 Å². The van der Waals surface area contributed by atoms with Crippen molar-refractivity contribution in [2.24, 2.45) is 0 Å². The quantitative estimate of drug-likeness (QED) is 0.832. The standard InChI is InChI=1S/C17H17NO4/c1-11(2)22-14-7-3-12(4-8-14)15-9-5-13(17(21)18-15)6-10-16(19)20/h3-11H,1-2H3,(H,18,21)(H,19,20)/b10-6+. The first-order valence-electron chi connectivity index (χ1n) is 6.87. The number of hydrogen-bond acceptors (Lipinski definition) is 3. The highest BCUT2D eigenvalue weighted by molar-refractivity contribution is 5.85. The Morgan fingerprint density at radius 3 is 2.41 bits per heavy atom. The van der Waals surface area contributed by atoms with E-state index in [1.165, 1.54) is 6.08 Å². The van der Waals surface area contributed by atoms with Gasteiger partial charge in [0.2, 0.25) is 0 Å². The van der Waals surface area contributed by atoms with Crippen LogP contribution in [-0.4, -0.2) is 22.2 Å². The molecule has 0 fully saturated rings. The lowest BCUT2D eigenvalue weighted by Crippen LogP contribution is -2.10. The summed E-state index contributed by atoms with van der Waals surface area (Å²) in [5, 5.41) is 8.58. The van der Waals surface area contributed by atoms with Crippen molar-refractivity contribution < 1.29 is 14.6 Å². The van der Waals surface area contributed by atoms with Gasteiger partial charge in [0.15, 0.2) is 0 Å². The fourth-order valence-electron chi connectivity index (χ4n) is 1.93. The molecule has 1 heterocycles. The lowest BCUT2D eigenvalue weighted by atomic mass is 10.1. The van der Waals surface area contributed by atoms with Crippen LogP contribution in [0.15, 0.2) is 47.3 Å². The first kappa shape index (κ1) is 15.6. The molecule has 2 rings (SSSR count). The van der Waals surface area contributed by atoms with Crippen LogP contribution in [0.1, 0.15) is 19.4 Å².